The molecule has 0 radical (unpaired) electrons. The molecular weight excluding hydrogens is 465 g/mol. The van der Waals surface area contributed by atoms with Gasteiger partial charge in [-0.1, -0.05) is 66.7 Å². The van der Waals surface area contributed by atoms with Gasteiger partial charge in [-0.05, 0) is 46.4 Å². The van der Waals surface area contributed by atoms with Crippen LogP contribution in [0.2, 0.25) is 0 Å². The van der Waals surface area contributed by atoms with Gasteiger partial charge in [0.2, 0.25) is 0 Å². The van der Waals surface area contributed by atoms with E-state index in [0.29, 0.717) is 5.56 Å². The predicted molar refractivity (Wildman–Crippen MR) is 122 cm³/mol. The quantitative estimate of drug-likeness (QED) is 0.255. The van der Waals surface area contributed by atoms with Gasteiger partial charge in [0, 0.05) is 19.9 Å². The molecule has 0 aliphatic heterocycles. The summed E-state index contributed by atoms with van der Waals surface area (Å²) < 4.78 is 3.08. The van der Waals surface area contributed by atoms with Crippen LogP contribution in [0.25, 0.3) is 31.6 Å². The smallest absolute Gasteiger partial charge is 0.263 e. The van der Waals surface area contributed by atoms with Crippen molar-refractivity contribution in [3.05, 3.63) is 94.1 Å². The summed E-state index contributed by atoms with van der Waals surface area (Å²) >= 11 is 4.11. The number of fused-ring (bicyclic) bond motifs is 3. The van der Waals surface area contributed by atoms with Gasteiger partial charge >= 0.3 is 0 Å². The number of benzene rings is 3. The van der Waals surface area contributed by atoms with E-state index in [1.165, 1.54) is 19.4 Å². The minimum Gasteiger partial charge on any atom is -0.268 e. The average molecular weight is 479 g/mol. The maximum Gasteiger partial charge on any atom is 0.263 e. The Morgan fingerprint density at radius 2 is 1.44 bits per heavy atom. The summed E-state index contributed by atoms with van der Waals surface area (Å²) in [6.45, 7) is 0. The fourth-order valence-electron chi connectivity index (χ4n) is 3.47. The fourth-order valence-corrected chi connectivity index (χ4v) is 6.06. The summed E-state index contributed by atoms with van der Waals surface area (Å²) in [5, 5.41) is 2.29. The number of thiophene rings is 1. The van der Waals surface area contributed by atoms with Gasteiger partial charge in [0.15, 0.2) is 0 Å². The second-order valence-electron chi connectivity index (χ2n) is 6.32. The summed E-state index contributed by atoms with van der Waals surface area (Å²) in [6.07, 6.45) is 0. The molecule has 27 heavy (non-hydrogen) atoms. The van der Waals surface area contributed by atoms with E-state index in [1.54, 1.807) is 11.3 Å². The van der Waals surface area contributed by atoms with Crippen LogP contribution in [0.3, 0.4) is 0 Å². The number of carbonyl (C=O) groups is 1. The van der Waals surface area contributed by atoms with Crippen LogP contribution >= 0.6 is 33.9 Å². The Hall–Kier alpha value is -2.44. The van der Waals surface area contributed by atoms with Crippen LogP contribution in [0.4, 0.5) is 0 Å². The third-order valence-corrected chi connectivity index (χ3v) is 7.38. The maximum atomic E-state index is 13.4. The molecule has 3 aromatic carbocycles. The molecule has 0 aliphatic carbocycles. The minimum atomic E-state index is 0.0130. The molecule has 0 bridgehead atoms. The van der Waals surface area contributed by atoms with Crippen molar-refractivity contribution in [1.29, 1.82) is 0 Å². The van der Waals surface area contributed by atoms with Gasteiger partial charge in [-0.3, -0.25) is 9.36 Å². The molecule has 0 atom stereocenters. The van der Waals surface area contributed by atoms with E-state index in [-0.39, 0.29) is 5.91 Å². The van der Waals surface area contributed by atoms with Crippen LogP contribution in [-0.2, 0) is 0 Å². The zero-order valence-electron chi connectivity index (χ0n) is 14.2. The zero-order chi connectivity index (χ0) is 18.4. The number of hydrogen-bond acceptors (Lipinski definition) is 2. The highest BCUT2D eigenvalue weighted by Crippen LogP contribution is 2.44. The molecular formula is C23H14INOS. The highest BCUT2D eigenvalue weighted by atomic mass is 127. The van der Waals surface area contributed by atoms with Gasteiger partial charge in [-0.25, -0.2) is 0 Å². The van der Waals surface area contributed by atoms with Crippen molar-refractivity contribution in [2.75, 3.05) is 0 Å². The van der Waals surface area contributed by atoms with E-state index in [9.17, 15) is 4.79 Å². The Balaban J connectivity index is 1.85. The molecule has 0 aliphatic rings. The second kappa shape index (κ2) is 6.62. The molecule has 0 spiro atoms. The Morgan fingerprint density at radius 1 is 0.815 bits per heavy atom. The van der Waals surface area contributed by atoms with Gasteiger partial charge < -0.3 is 0 Å². The van der Waals surface area contributed by atoms with E-state index < -0.39 is 0 Å². The van der Waals surface area contributed by atoms with E-state index in [4.69, 9.17) is 0 Å². The maximum absolute atomic E-state index is 13.4. The molecule has 0 unspecified atom stereocenters. The van der Waals surface area contributed by atoms with E-state index in [1.807, 2.05) is 59.2 Å². The largest absolute Gasteiger partial charge is 0.268 e. The topological polar surface area (TPSA) is 22.0 Å². The molecule has 130 valence electrons. The third kappa shape index (κ3) is 2.63. The van der Waals surface area contributed by atoms with Gasteiger partial charge in [0.1, 0.15) is 4.83 Å². The third-order valence-electron chi connectivity index (χ3n) is 4.71. The van der Waals surface area contributed by atoms with Crippen molar-refractivity contribution >= 4 is 61.0 Å². The van der Waals surface area contributed by atoms with Crippen molar-refractivity contribution in [3.8, 4) is 10.4 Å². The lowest BCUT2D eigenvalue weighted by atomic mass is 10.1. The van der Waals surface area contributed by atoms with Crippen LogP contribution in [0.5, 0.6) is 0 Å². The minimum absolute atomic E-state index is 0.0130. The first kappa shape index (κ1) is 16.7. The van der Waals surface area contributed by atoms with Crippen molar-refractivity contribution < 1.29 is 4.79 Å². The summed E-state index contributed by atoms with van der Waals surface area (Å²) in [5.41, 5.74) is 2.85. The first-order valence-electron chi connectivity index (χ1n) is 8.62. The molecule has 5 aromatic rings. The van der Waals surface area contributed by atoms with Crippen molar-refractivity contribution in [2.45, 2.75) is 0 Å². The molecule has 2 heterocycles. The lowest BCUT2D eigenvalue weighted by Crippen LogP contribution is -2.10. The van der Waals surface area contributed by atoms with Crippen molar-refractivity contribution in [3.63, 3.8) is 0 Å². The SMILES string of the molecule is O=C(c1ccccc1)n1c2ccccc2c2c(I)c(-c3ccccc3)sc21. The van der Waals surface area contributed by atoms with E-state index in [0.717, 1.165) is 15.7 Å². The number of para-hydroxylation sites is 1. The molecule has 0 saturated heterocycles. The van der Waals surface area contributed by atoms with Crippen LogP contribution in [0.15, 0.2) is 84.9 Å². The lowest BCUT2D eigenvalue weighted by molar-refractivity contribution is 0.0970. The number of hydrogen-bond donors (Lipinski definition) is 0. The average Bonchev–Trinajstić information content (AvgIpc) is 3.23. The molecule has 2 nitrogen and oxygen atoms in total. The lowest BCUT2D eigenvalue weighted by Gasteiger charge is -2.05. The molecule has 0 amide bonds. The molecule has 5 rings (SSSR count). The standard InChI is InChI=1S/C23H14INOS/c24-20-19-17-13-7-8-14-18(17)25(22(26)16-11-5-2-6-12-16)23(19)27-21(20)15-9-3-1-4-10-15/h1-14H. The summed E-state index contributed by atoms with van der Waals surface area (Å²) in [6, 6.07) is 28.0. The molecule has 0 saturated carbocycles. The fraction of sp³-hybridized carbons (Fsp3) is 0. The van der Waals surface area contributed by atoms with Crippen LogP contribution < -0.4 is 0 Å². The summed E-state index contributed by atoms with van der Waals surface area (Å²) in [5.74, 6) is 0.0130. The van der Waals surface area contributed by atoms with Crippen molar-refractivity contribution in [1.82, 2.24) is 4.57 Å². The van der Waals surface area contributed by atoms with Gasteiger partial charge in [0.25, 0.3) is 5.91 Å². The van der Waals surface area contributed by atoms with Gasteiger partial charge in [-0.15, -0.1) is 11.3 Å². The number of rotatable bonds is 2. The number of carbonyl (C=O) groups excluding carboxylic acids is 1. The van der Waals surface area contributed by atoms with Crippen LogP contribution in [-0.4, -0.2) is 10.5 Å². The monoisotopic (exact) mass is 479 g/mol. The zero-order valence-corrected chi connectivity index (χ0v) is 17.2. The number of aromatic nitrogens is 1. The molecule has 4 heteroatoms. The van der Waals surface area contributed by atoms with E-state index in [2.05, 4.69) is 52.9 Å². The highest BCUT2D eigenvalue weighted by molar-refractivity contribution is 14.1. The molecule has 2 aromatic heterocycles. The first-order chi connectivity index (χ1) is 13.3. The number of nitrogens with zero attached hydrogens (tertiary/aromatic N) is 1. The summed E-state index contributed by atoms with van der Waals surface area (Å²) in [4.78, 5) is 15.6. The van der Waals surface area contributed by atoms with E-state index >= 15 is 0 Å². The molecule has 0 N–H and O–H groups in total. The van der Waals surface area contributed by atoms with Crippen LogP contribution in [0, 0.1) is 3.57 Å². The Kier molecular flexibility index (Phi) is 4.10. The Morgan fingerprint density at radius 3 is 2.19 bits per heavy atom. The molecule has 0 fully saturated rings. The number of halogens is 1. The summed E-state index contributed by atoms with van der Waals surface area (Å²) in [7, 11) is 0. The van der Waals surface area contributed by atoms with Crippen molar-refractivity contribution in [2.24, 2.45) is 0 Å². The predicted octanol–water partition coefficient (Wildman–Crippen LogP) is 6.82. The van der Waals surface area contributed by atoms with Crippen LogP contribution in [0.1, 0.15) is 10.4 Å². The highest BCUT2D eigenvalue weighted by Gasteiger charge is 2.23. The van der Waals surface area contributed by atoms with Gasteiger partial charge in [0.05, 0.1) is 10.4 Å². The van der Waals surface area contributed by atoms with Gasteiger partial charge in [-0.2, -0.15) is 0 Å². The first-order valence-corrected chi connectivity index (χ1v) is 10.5. The Labute approximate surface area is 174 Å². The normalized spacial score (nSPS) is 11.3. The second-order valence-corrected chi connectivity index (χ2v) is 8.39. The Bertz CT molecular complexity index is 1290.